The summed E-state index contributed by atoms with van der Waals surface area (Å²) in [5.41, 5.74) is 1.26. The molecule has 1 saturated heterocycles. The van der Waals surface area contributed by atoms with Crippen LogP contribution < -0.4 is 10.2 Å². The maximum absolute atomic E-state index is 13.7. The Morgan fingerprint density at radius 3 is 2.76 bits per heavy atom. The third-order valence-electron chi connectivity index (χ3n) is 3.00. The lowest BCUT2D eigenvalue weighted by Crippen LogP contribution is -2.19. The third-order valence-corrected chi connectivity index (χ3v) is 3.00. The molecule has 1 amide bonds. The van der Waals surface area contributed by atoms with Crippen molar-refractivity contribution >= 4 is 17.3 Å². The van der Waals surface area contributed by atoms with Crippen LogP contribution in [0.3, 0.4) is 0 Å². The number of nitrogens with zero attached hydrogens (tertiary/aromatic N) is 1. The van der Waals surface area contributed by atoms with Crippen molar-refractivity contribution in [3.05, 3.63) is 24.0 Å². The fourth-order valence-electron chi connectivity index (χ4n) is 2.04. The molecule has 1 heterocycles. The normalized spacial score (nSPS) is 15.1. The van der Waals surface area contributed by atoms with Gasteiger partial charge in [0.15, 0.2) is 0 Å². The highest BCUT2D eigenvalue weighted by Gasteiger charge is 2.16. The Balaban J connectivity index is 2.19. The summed E-state index contributed by atoms with van der Waals surface area (Å²) in [7, 11) is 0. The molecule has 4 heteroatoms. The van der Waals surface area contributed by atoms with Gasteiger partial charge in [0.1, 0.15) is 5.82 Å². The van der Waals surface area contributed by atoms with Gasteiger partial charge in [-0.25, -0.2) is 4.39 Å². The van der Waals surface area contributed by atoms with Gasteiger partial charge in [0.2, 0.25) is 5.91 Å². The molecule has 92 valence electrons. The molecule has 1 N–H and O–H groups in total. The second-order valence-corrected chi connectivity index (χ2v) is 4.26. The van der Waals surface area contributed by atoms with Crippen LogP contribution in [-0.2, 0) is 4.79 Å². The Kier molecular flexibility index (Phi) is 3.61. The quantitative estimate of drug-likeness (QED) is 0.875. The highest BCUT2D eigenvalue weighted by Crippen LogP contribution is 2.26. The Hall–Kier alpha value is -1.58. The maximum Gasteiger partial charge on any atom is 0.224 e. The number of amides is 1. The molecule has 3 nitrogen and oxygen atoms in total. The SMILES string of the molecule is CCC(=O)Nc1ccc(F)c(N2CCCC2)c1. The fraction of sp³-hybridized carbons (Fsp3) is 0.462. The molecule has 1 aliphatic heterocycles. The maximum atomic E-state index is 13.7. The highest BCUT2D eigenvalue weighted by atomic mass is 19.1. The zero-order valence-electron chi connectivity index (χ0n) is 10.0. The topological polar surface area (TPSA) is 32.3 Å². The molecule has 1 aromatic rings. The second-order valence-electron chi connectivity index (χ2n) is 4.26. The minimum absolute atomic E-state index is 0.0519. The molecule has 0 aromatic heterocycles. The van der Waals surface area contributed by atoms with E-state index < -0.39 is 0 Å². The number of benzene rings is 1. The smallest absolute Gasteiger partial charge is 0.224 e. The van der Waals surface area contributed by atoms with E-state index in [4.69, 9.17) is 0 Å². The molecule has 1 aliphatic rings. The van der Waals surface area contributed by atoms with Crippen LogP contribution in [0.4, 0.5) is 15.8 Å². The average molecular weight is 236 g/mol. The number of hydrogen-bond acceptors (Lipinski definition) is 2. The van der Waals surface area contributed by atoms with Gasteiger partial charge in [-0.1, -0.05) is 6.92 Å². The standard InChI is InChI=1S/C13H17FN2O/c1-2-13(17)15-10-5-6-11(14)12(9-10)16-7-3-4-8-16/h5-6,9H,2-4,7-8H2,1H3,(H,15,17). The first-order valence-electron chi connectivity index (χ1n) is 6.05. The van der Waals surface area contributed by atoms with Gasteiger partial charge in [-0.2, -0.15) is 0 Å². The van der Waals surface area contributed by atoms with Crippen LogP contribution in [-0.4, -0.2) is 19.0 Å². The molecule has 0 saturated carbocycles. The molecule has 0 aliphatic carbocycles. The van der Waals surface area contributed by atoms with Crippen molar-refractivity contribution in [2.24, 2.45) is 0 Å². The zero-order valence-corrected chi connectivity index (χ0v) is 10.0. The zero-order chi connectivity index (χ0) is 12.3. The molecule has 0 unspecified atom stereocenters. The van der Waals surface area contributed by atoms with E-state index in [1.807, 2.05) is 4.90 Å². The highest BCUT2D eigenvalue weighted by molar-refractivity contribution is 5.91. The minimum atomic E-state index is -0.221. The van der Waals surface area contributed by atoms with Gasteiger partial charge in [0.25, 0.3) is 0 Å². The monoisotopic (exact) mass is 236 g/mol. The molecule has 0 radical (unpaired) electrons. The first kappa shape index (κ1) is 11.9. The summed E-state index contributed by atoms with van der Waals surface area (Å²) in [4.78, 5) is 13.3. The fourth-order valence-corrected chi connectivity index (χ4v) is 2.04. The molecule has 1 aromatic carbocycles. The summed E-state index contributed by atoms with van der Waals surface area (Å²) in [5, 5.41) is 2.75. The molecule has 17 heavy (non-hydrogen) atoms. The van der Waals surface area contributed by atoms with Gasteiger partial charge in [-0.15, -0.1) is 0 Å². The number of nitrogens with one attached hydrogen (secondary N) is 1. The summed E-state index contributed by atoms with van der Waals surface area (Å²) in [5.74, 6) is -0.273. The summed E-state index contributed by atoms with van der Waals surface area (Å²) in [6, 6.07) is 4.73. The van der Waals surface area contributed by atoms with Crippen LogP contribution in [0.5, 0.6) is 0 Å². The van der Waals surface area contributed by atoms with Crippen LogP contribution in [0.2, 0.25) is 0 Å². The lowest BCUT2D eigenvalue weighted by atomic mass is 10.2. The van der Waals surface area contributed by atoms with Crippen molar-refractivity contribution in [2.75, 3.05) is 23.3 Å². The van der Waals surface area contributed by atoms with Crippen LogP contribution >= 0.6 is 0 Å². The van der Waals surface area contributed by atoms with E-state index in [1.165, 1.54) is 6.07 Å². The van der Waals surface area contributed by atoms with Crippen molar-refractivity contribution in [3.8, 4) is 0 Å². The van der Waals surface area contributed by atoms with Crippen LogP contribution in [0.25, 0.3) is 0 Å². The van der Waals surface area contributed by atoms with E-state index in [2.05, 4.69) is 5.32 Å². The molecule has 0 bridgehead atoms. The van der Waals surface area contributed by atoms with Crippen molar-refractivity contribution < 1.29 is 9.18 Å². The van der Waals surface area contributed by atoms with Crippen LogP contribution in [0.15, 0.2) is 18.2 Å². The van der Waals surface area contributed by atoms with E-state index in [-0.39, 0.29) is 11.7 Å². The molecular weight excluding hydrogens is 219 g/mol. The van der Waals surface area contributed by atoms with E-state index in [0.29, 0.717) is 17.8 Å². The Bertz CT molecular complexity index is 414. The summed E-state index contributed by atoms with van der Waals surface area (Å²) in [6.07, 6.45) is 2.63. The van der Waals surface area contributed by atoms with E-state index in [9.17, 15) is 9.18 Å². The number of anilines is 2. The van der Waals surface area contributed by atoms with Crippen molar-refractivity contribution in [1.29, 1.82) is 0 Å². The molecule has 2 rings (SSSR count). The molecule has 0 spiro atoms. The molecule has 0 atom stereocenters. The van der Waals surface area contributed by atoms with Gasteiger partial charge in [0.05, 0.1) is 5.69 Å². The summed E-state index contributed by atoms with van der Waals surface area (Å²) in [6.45, 7) is 3.57. The lowest BCUT2D eigenvalue weighted by molar-refractivity contribution is -0.115. The largest absolute Gasteiger partial charge is 0.369 e. The van der Waals surface area contributed by atoms with Crippen molar-refractivity contribution in [3.63, 3.8) is 0 Å². The Morgan fingerprint density at radius 1 is 1.41 bits per heavy atom. The predicted molar refractivity (Wildman–Crippen MR) is 66.8 cm³/mol. The summed E-state index contributed by atoms with van der Waals surface area (Å²) < 4.78 is 13.7. The minimum Gasteiger partial charge on any atom is -0.369 e. The first-order chi connectivity index (χ1) is 8.20. The summed E-state index contributed by atoms with van der Waals surface area (Å²) >= 11 is 0. The van der Waals surface area contributed by atoms with Gasteiger partial charge in [-0.05, 0) is 31.0 Å². The average Bonchev–Trinajstić information content (AvgIpc) is 2.85. The van der Waals surface area contributed by atoms with Crippen LogP contribution in [0, 0.1) is 5.82 Å². The van der Waals surface area contributed by atoms with Gasteiger partial charge < -0.3 is 10.2 Å². The Labute approximate surface area is 101 Å². The van der Waals surface area contributed by atoms with Crippen molar-refractivity contribution in [2.45, 2.75) is 26.2 Å². The second kappa shape index (κ2) is 5.17. The number of halogens is 1. The molecule has 1 fully saturated rings. The number of carbonyl (C=O) groups excluding carboxylic acids is 1. The number of rotatable bonds is 3. The lowest BCUT2D eigenvalue weighted by Gasteiger charge is -2.19. The third kappa shape index (κ3) is 2.75. The number of hydrogen-bond donors (Lipinski definition) is 1. The molecular formula is C13H17FN2O. The van der Waals surface area contributed by atoms with Gasteiger partial charge in [0, 0.05) is 25.2 Å². The van der Waals surface area contributed by atoms with Crippen LogP contribution in [0.1, 0.15) is 26.2 Å². The van der Waals surface area contributed by atoms with E-state index >= 15 is 0 Å². The first-order valence-corrected chi connectivity index (χ1v) is 6.05. The van der Waals surface area contributed by atoms with Gasteiger partial charge in [-0.3, -0.25) is 4.79 Å². The predicted octanol–water partition coefficient (Wildman–Crippen LogP) is 2.77. The van der Waals surface area contributed by atoms with E-state index in [1.54, 1.807) is 19.1 Å². The Morgan fingerprint density at radius 2 is 2.12 bits per heavy atom. The number of carbonyl (C=O) groups is 1. The van der Waals surface area contributed by atoms with E-state index in [0.717, 1.165) is 25.9 Å². The van der Waals surface area contributed by atoms with Crippen molar-refractivity contribution in [1.82, 2.24) is 0 Å². The van der Waals surface area contributed by atoms with Gasteiger partial charge >= 0.3 is 0 Å².